The van der Waals surface area contributed by atoms with Gasteiger partial charge in [-0.25, -0.2) is 9.59 Å². The molecule has 0 N–H and O–H groups in total. The third-order valence-electron chi connectivity index (χ3n) is 2.43. The van der Waals surface area contributed by atoms with Gasteiger partial charge in [0.05, 0.1) is 19.9 Å². The molecule has 1 aromatic rings. The molecule has 0 aliphatic rings. The number of carbonyl (C=O) groups excluding carboxylic acids is 2. The van der Waals surface area contributed by atoms with Crippen LogP contribution in [-0.2, 0) is 21.3 Å². The maximum absolute atomic E-state index is 11.5. The van der Waals surface area contributed by atoms with E-state index in [1.807, 2.05) is 0 Å². The van der Waals surface area contributed by atoms with Crippen molar-refractivity contribution >= 4 is 33.9 Å². The summed E-state index contributed by atoms with van der Waals surface area (Å²) >= 11 is 3.26. The number of halogens is 1. The van der Waals surface area contributed by atoms with E-state index in [0.29, 0.717) is 15.9 Å². The molecule has 0 fully saturated rings. The lowest BCUT2D eigenvalue weighted by molar-refractivity contribution is -0.135. The van der Waals surface area contributed by atoms with Crippen LogP contribution in [0.3, 0.4) is 0 Å². The Labute approximate surface area is 118 Å². The molecule has 0 atom stereocenters. The Morgan fingerprint density at radius 1 is 1.42 bits per heavy atom. The molecule has 0 saturated heterocycles. The molecule has 0 spiro atoms. The van der Waals surface area contributed by atoms with Gasteiger partial charge in [0, 0.05) is 11.5 Å². The lowest BCUT2D eigenvalue weighted by atomic mass is 10.2. The predicted octanol–water partition coefficient (Wildman–Crippen LogP) is 1.65. The maximum atomic E-state index is 11.5. The van der Waals surface area contributed by atoms with Gasteiger partial charge in [-0.2, -0.15) is 5.26 Å². The molecule has 19 heavy (non-hydrogen) atoms. The minimum absolute atomic E-state index is 0.166. The van der Waals surface area contributed by atoms with Gasteiger partial charge >= 0.3 is 11.9 Å². The number of ether oxygens (including phenoxy) is 2. The minimum atomic E-state index is -0.741. The fraction of sp³-hybridized carbons (Fsp3) is 0.250. The van der Waals surface area contributed by atoms with E-state index in [2.05, 4.69) is 25.4 Å². The number of methoxy groups -OCH3 is 2. The molecule has 0 aromatic carbocycles. The van der Waals surface area contributed by atoms with E-state index in [4.69, 9.17) is 5.26 Å². The normalized spacial score (nSPS) is 10.8. The largest absolute Gasteiger partial charge is 0.465 e. The zero-order chi connectivity index (χ0) is 14.6. The number of rotatable bonds is 3. The molecule has 0 unspecified atom stereocenters. The van der Waals surface area contributed by atoms with Crippen LogP contribution in [0.1, 0.15) is 16.2 Å². The molecule has 0 saturated carbocycles. The molecule has 1 heterocycles. The first-order valence-corrected chi connectivity index (χ1v) is 5.89. The highest BCUT2D eigenvalue weighted by molar-refractivity contribution is 9.10. The van der Waals surface area contributed by atoms with Crippen molar-refractivity contribution in [2.45, 2.75) is 0 Å². The zero-order valence-corrected chi connectivity index (χ0v) is 12.1. The van der Waals surface area contributed by atoms with Gasteiger partial charge in [-0.3, -0.25) is 0 Å². The Morgan fingerprint density at radius 2 is 2.05 bits per heavy atom. The van der Waals surface area contributed by atoms with Crippen LogP contribution in [0, 0.1) is 11.3 Å². The molecular formula is C12H11BrN2O4. The summed E-state index contributed by atoms with van der Waals surface area (Å²) in [4.78, 5) is 22.8. The topological polar surface area (TPSA) is 81.3 Å². The van der Waals surface area contributed by atoms with Crippen molar-refractivity contribution in [2.75, 3.05) is 14.2 Å². The van der Waals surface area contributed by atoms with Gasteiger partial charge in [0.1, 0.15) is 17.3 Å². The van der Waals surface area contributed by atoms with Gasteiger partial charge in [0.15, 0.2) is 0 Å². The van der Waals surface area contributed by atoms with Crippen molar-refractivity contribution in [3.8, 4) is 6.07 Å². The van der Waals surface area contributed by atoms with Crippen LogP contribution in [0.2, 0.25) is 0 Å². The van der Waals surface area contributed by atoms with Crippen molar-refractivity contribution in [3.05, 3.63) is 27.5 Å². The summed E-state index contributed by atoms with van der Waals surface area (Å²) in [5.74, 6) is -1.25. The maximum Gasteiger partial charge on any atom is 0.354 e. The molecule has 0 bridgehead atoms. The molecule has 6 nitrogen and oxygen atoms in total. The molecule has 1 rings (SSSR count). The Kier molecular flexibility index (Phi) is 4.89. The van der Waals surface area contributed by atoms with E-state index >= 15 is 0 Å². The lowest BCUT2D eigenvalue weighted by Crippen LogP contribution is -2.09. The van der Waals surface area contributed by atoms with Gasteiger partial charge < -0.3 is 14.0 Å². The van der Waals surface area contributed by atoms with Crippen LogP contribution >= 0.6 is 15.9 Å². The van der Waals surface area contributed by atoms with Crippen LogP contribution in [0.25, 0.3) is 6.08 Å². The SMILES string of the molecule is COC(=O)C(C#N)=Cc1c(Br)cc(C(=O)OC)n1C. The van der Waals surface area contributed by atoms with Crippen LogP contribution < -0.4 is 0 Å². The number of aromatic nitrogens is 1. The number of nitriles is 1. The second kappa shape index (κ2) is 6.20. The van der Waals surface area contributed by atoms with E-state index in [0.717, 1.165) is 0 Å². The van der Waals surface area contributed by atoms with E-state index in [1.54, 1.807) is 19.2 Å². The third kappa shape index (κ3) is 3.03. The zero-order valence-electron chi connectivity index (χ0n) is 10.6. The number of esters is 2. The summed E-state index contributed by atoms with van der Waals surface area (Å²) in [5, 5.41) is 8.90. The average Bonchev–Trinajstić information content (AvgIpc) is 2.70. The quantitative estimate of drug-likeness (QED) is 0.479. The summed E-state index contributed by atoms with van der Waals surface area (Å²) in [7, 11) is 4.08. The number of hydrogen-bond donors (Lipinski definition) is 0. The lowest BCUT2D eigenvalue weighted by Gasteiger charge is -2.04. The Balaban J connectivity index is 3.33. The second-order valence-electron chi connectivity index (χ2n) is 3.47. The average molecular weight is 327 g/mol. The Morgan fingerprint density at radius 3 is 2.53 bits per heavy atom. The molecular weight excluding hydrogens is 316 g/mol. The van der Waals surface area contributed by atoms with Gasteiger partial charge in [-0.15, -0.1) is 0 Å². The fourth-order valence-electron chi connectivity index (χ4n) is 1.43. The smallest absolute Gasteiger partial charge is 0.354 e. The highest BCUT2D eigenvalue weighted by atomic mass is 79.9. The molecule has 7 heteroatoms. The summed E-state index contributed by atoms with van der Waals surface area (Å²) in [6.45, 7) is 0. The summed E-state index contributed by atoms with van der Waals surface area (Å²) in [6.07, 6.45) is 1.34. The molecule has 0 aliphatic carbocycles. The van der Waals surface area contributed by atoms with Crippen LogP contribution in [0.4, 0.5) is 0 Å². The molecule has 0 radical (unpaired) electrons. The summed E-state index contributed by atoms with van der Waals surface area (Å²) in [5.41, 5.74) is 0.617. The van der Waals surface area contributed by atoms with Crippen molar-refractivity contribution in [1.29, 1.82) is 5.26 Å². The van der Waals surface area contributed by atoms with Crippen molar-refractivity contribution in [1.82, 2.24) is 4.57 Å². The second-order valence-corrected chi connectivity index (χ2v) is 4.33. The number of carbonyl (C=O) groups is 2. The first-order valence-electron chi connectivity index (χ1n) is 5.09. The first-order chi connectivity index (χ1) is 8.96. The van der Waals surface area contributed by atoms with Crippen molar-refractivity contribution < 1.29 is 19.1 Å². The summed E-state index contributed by atoms with van der Waals surface area (Å²) in [6, 6.07) is 3.29. The first kappa shape index (κ1) is 15.0. The molecule has 100 valence electrons. The van der Waals surface area contributed by atoms with E-state index < -0.39 is 11.9 Å². The van der Waals surface area contributed by atoms with Crippen molar-refractivity contribution in [2.24, 2.45) is 7.05 Å². The van der Waals surface area contributed by atoms with Gasteiger partial charge in [0.25, 0.3) is 0 Å². The fourth-order valence-corrected chi connectivity index (χ4v) is 2.03. The van der Waals surface area contributed by atoms with Gasteiger partial charge in [-0.1, -0.05) is 0 Å². The Hall–Kier alpha value is -2.07. The third-order valence-corrected chi connectivity index (χ3v) is 3.07. The van der Waals surface area contributed by atoms with E-state index in [1.165, 1.54) is 24.9 Å². The monoisotopic (exact) mass is 326 g/mol. The number of nitrogens with zero attached hydrogens (tertiary/aromatic N) is 2. The molecule has 1 aromatic heterocycles. The summed E-state index contributed by atoms with van der Waals surface area (Å²) < 4.78 is 11.2. The highest BCUT2D eigenvalue weighted by Crippen LogP contribution is 2.24. The number of hydrogen-bond acceptors (Lipinski definition) is 5. The van der Waals surface area contributed by atoms with Crippen LogP contribution in [0.5, 0.6) is 0 Å². The van der Waals surface area contributed by atoms with Gasteiger partial charge in [0.2, 0.25) is 0 Å². The van der Waals surface area contributed by atoms with Crippen LogP contribution in [-0.4, -0.2) is 30.7 Å². The highest BCUT2D eigenvalue weighted by Gasteiger charge is 2.18. The minimum Gasteiger partial charge on any atom is -0.465 e. The molecule has 0 amide bonds. The van der Waals surface area contributed by atoms with Crippen LogP contribution in [0.15, 0.2) is 16.1 Å². The standard InChI is InChI=1S/C12H11BrN2O4/c1-15-9(4-7(6-14)11(16)18-2)8(13)5-10(15)12(17)19-3/h4-5H,1-3H3. The van der Waals surface area contributed by atoms with E-state index in [9.17, 15) is 9.59 Å². The molecule has 0 aliphatic heterocycles. The van der Waals surface area contributed by atoms with Crippen molar-refractivity contribution in [3.63, 3.8) is 0 Å². The Bertz CT molecular complexity index is 596. The van der Waals surface area contributed by atoms with E-state index in [-0.39, 0.29) is 5.57 Å². The predicted molar refractivity (Wildman–Crippen MR) is 70.1 cm³/mol. The van der Waals surface area contributed by atoms with Gasteiger partial charge in [-0.05, 0) is 28.1 Å².